The number of nitrogens with zero attached hydrogens (tertiary/aromatic N) is 2. The van der Waals surface area contributed by atoms with Gasteiger partial charge in [0, 0.05) is 41.4 Å². The Hall–Kier alpha value is -1.87. The lowest BCUT2D eigenvalue weighted by atomic mass is 9.77. The molecule has 2 N–H and O–H groups in total. The minimum absolute atomic E-state index is 0.00511. The highest BCUT2D eigenvalue weighted by atomic mass is 19.4. The molecule has 1 aliphatic heterocycles. The van der Waals surface area contributed by atoms with Crippen LogP contribution in [-0.4, -0.2) is 48.4 Å². The smallest absolute Gasteiger partial charge is 0.384 e. The van der Waals surface area contributed by atoms with Gasteiger partial charge in [0.05, 0.1) is 19.6 Å². The number of hydrogen-bond donors (Lipinski definition) is 2. The number of nitrogens with one attached hydrogen (secondary N) is 1. The van der Waals surface area contributed by atoms with Crippen LogP contribution < -0.4 is 10.0 Å². The maximum absolute atomic E-state index is 13.6. The lowest BCUT2D eigenvalue weighted by Gasteiger charge is -2.39. The zero-order chi connectivity index (χ0) is 28.7. The van der Waals surface area contributed by atoms with Crippen LogP contribution in [0.2, 0.25) is 0 Å². The van der Waals surface area contributed by atoms with Crippen LogP contribution in [0.1, 0.15) is 96.9 Å². The number of rotatable bonds is 5. The second-order valence-corrected chi connectivity index (χ2v) is 10.8. The second-order valence-electron chi connectivity index (χ2n) is 10.8. The van der Waals surface area contributed by atoms with E-state index in [0.29, 0.717) is 53.0 Å². The third-order valence-electron chi connectivity index (χ3n) is 8.25. The Kier molecular flexibility index (Phi) is 11.9. The van der Waals surface area contributed by atoms with E-state index >= 15 is 0 Å². The van der Waals surface area contributed by atoms with Crippen LogP contribution in [0.25, 0.3) is 0 Å². The molecule has 1 aromatic heterocycles. The highest BCUT2D eigenvalue weighted by Crippen LogP contribution is 2.42. The molecule has 9 heteroatoms. The Labute approximate surface area is 226 Å². The average molecular weight is 545 g/mol. The number of methoxy groups -OCH3 is 1. The number of alkyl halides is 3. The maximum Gasteiger partial charge on any atom is 0.422 e. The Balaban J connectivity index is 0.00000121. The first-order valence-electron chi connectivity index (χ1n) is 14.4. The topological polar surface area (TPSA) is 65.7 Å². The van der Waals surface area contributed by atoms with Gasteiger partial charge < -0.3 is 15.0 Å². The number of carbonyl (C=O) groups excluding carboxylic acids is 1. The van der Waals surface area contributed by atoms with Crippen molar-refractivity contribution in [2.24, 2.45) is 17.3 Å². The lowest BCUT2D eigenvalue weighted by Crippen LogP contribution is -2.50. The van der Waals surface area contributed by atoms with Gasteiger partial charge in [0.15, 0.2) is 0 Å². The predicted octanol–water partition coefficient (Wildman–Crippen LogP) is 5.77. The summed E-state index contributed by atoms with van der Waals surface area (Å²) in [5, 5.41) is 13.9. The molecule has 5 atom stereocenters. The molecule has 2 fully saturated rings. The molecule has 4 unspecified atom stereocenters. The molecule has 0 bridgehead atoms. The molecule has 38 heavy (non-hydrogen) atoms. The van der Waals surface area contributed by atoms with Crippen molar-refractivity contribution in [3.8, 4) is 0 Å². The van der Waals surface area contributed by atoms with Crippen molar-refractivity contribution in [2.45, 2.75) is 111 Å². The summed E-state index contributed by atoms with van der Waals surface area (Å²) in [7, 11) is 1.74. The van der Waals surface area contributed by atoms with Crippen LogP contribution in [-0.2, 0) is 28.7 Å². The summed E-state index contributed by atoms with van der Waals surface area (Å²) in [6.45, 7) is 13.5. The summed E-state index contributed by atoms with van der Waals surface area (Å²) >= 11 is 0. The Morgan fingerprint density at radius 2 is 1.92 bits per heavy atom. The van der Waals surface area contributed by atoms with Crippen LogP contribution in [0.3, 0.4) is 0 Å². The standard InChI is InChI=1S/C25H37F3N3O3.2C2H6/c1-16-5-4-6-17(15-34-3)22(16)29-20-7-9-24(2,12-20)23(32)30-10-8-21-18(13-30)11-19(14-31(21)33)25(26,27)28;2*1-2/h11,14,16-17,20,22,29,33H,4-10,12-13,15H2,1-3H3;2*1-2H3/q+1;;/t16?,17?,20?,22?,24-;;/m0../s1. The Morgan fingerprint density at radius 1 is 1.24 bits per heavy atom. The van der Waals surface area contributed by atoms with Gasteiger partial charge in [-0.25, -0.2) is 0 Å². The predicted molar refractivity (Wildman–Crippen MR) is 142 cm³/mol. The lowest BCUT2D eigenvalue weighted by molar-refractivity contribution is -0.910. The molecular weight excluding hydrogens is 495 g/mol. The summed E-state index contributed by atoms with van der Waals surface area (Å²) < 4.78 is 45.7. The van der Waals surface area contributed by atoms with Crippen LogP contribution in [0, 0.1) is 17.3 Å². The van der Waals surface area contributed by atoms with Crippen molar-refractivity contribution in [3.05, 3.63) is 29.1 Å². The zero-order valence-electron chi connectivity index (χ0n) is 24.3. The van der Waals surface area contributed by atoms with Crippen molar-refractivity contribution in [2.75, 3.05) is 20.3 Å². The summed E-state index contributed by atoms with van der Waals surface area (Å²) in [5.41, 5.74) is -0.664. The number of pyridine rings is 1. The van der Waals surface area contributed by atoms with Crippen LogP contribution in [0.5, 0.6) is 0 Å². The van der Waals surface area contributed by atoms with Gasteiger partial charge >= 0.3 is 6.18 Å². The first-order chi connectivity index (χ1) is 18.0. The molecule has 0 spiro atoms. The van der Waals surface area contributed by atoms with Gasteiger partial charge in [0.2, 0.25) is 17.8 Å². The van der Waals surface area contributed by atoms with E-state index in [1.807, 2.05) is 34.6 Å². The Bertz CT molecular complexity index is 909. The van der Waals surface area contributed by atoms with E-state index in [2.05, 4.69) is 12.2 Å². The van der Waals surface area contributed by atoms with Gasteiger partial charge in [-0.15, -0.1) is 0 Å². The normalized spacial score (nSPS) is 28.9. The number of hydrogen-bond acceptors (Lipinski definition) is 4. The van der Waals surface area contributed by atoms with Crippen molar-refractivity contribution < 1.29 is 32.6 Å². The number of carbonyl (C=O) groups is 1. The number of aromatic nitrogens is 1. The largest absolute Gasteiger partial charge is 0.422 e. The fourth-order valence-electron chi connectivity index (χ4n) is 6.39. The van der Waals surface area contributed by atoms with Crippen molar-refractivity contribution in [1.82, 2.24) is 10.2 Å². The molecule has 1 aromatic rings. The van der Waals surface area contributed by atoms with Gasteiger partial charge in [-0.3, -0.25) is 10.0 Å². The SMILES string of the molecule is CC.CC.COCC1CCCC(C)C1NC1CC[C@](C)(C(=O)N2CCc3c(cc(C(F)(F)F)c[n+]3O)C2)C1. The molecule has 2 saturated carbocycles. The van der Waals surface area contributed by atoms with Crippen LogP contribution in [0.15, 0.2) is 12.3 Å². The van der Waals surface area contributed by atoms with Gasteiger partial charge in [0.1, 0.15) is 5.56 Å². The third kappa shape index (κ3) is 7.40. The van der Waals surface area contributed by atoms with E-state index in [1.165, 1.54) is 12.8 Å². The van der Waals surface area contributed by atoms with E-state index in [9.17, 15) is 23.2 Å². The van der Waals surface area contributed by atoms with Gasteiger partial charge in [-0.05, 0) is 50.0 Å². The number of amides is 1. The van der Waals surface area contributed by atoms with Crippen LogP contribution >= 0.6 is 0 Å². The summed E-state index contributed by atoms with van der Waals surface area (Å²) in [6, 6.07) is 1.68. The molecule has 3 aliphatic rings. The number of halogens is 3. The fourth-order valence-corrected chi connectivity index (χ4v) is 6.39. The fraction of sp³-hybridized carbons (Fsp3) is 0.793. The molecule has 6 nitrogen and oxygen atoms in total. The molecule has 4 rings (SSSR count). The molecule has 1 amide bonds. The first-order valence-corrected chi connectivity index (χ1v) is 14.4. The molecule has 2 heterocycles. The summed E-state index contributed by atoms with van der Waals surface area (Å²) in [4.78, 5) is 15.2. The van der Waals surface area contributed by atoms with Gasteiger partial charge in [0.25, 0.3) is 0 Å². The van der Waals surface area contributed by atoms with E-state index < -0.39 is 17.2 Å². The third-order valence-corrected chi connectivity index (χ3v) is 8.25. The molecular formula is C29H49F3N3O3+. The summed E-state index contributed by atoms with van der Waals surface area (Å²) in [6.07, 6.45) is 2.42. The molecule has 218 valence electrons. The van der Waals surface area contributed by atoms with Gasteiger partial charge in [-0.2, -0.15) is 13.2 Å². The minimum atomic E-state index is -4.56. The quantitative estimate of drug-likeness (QED) is 0.365. The molecule has 0 radical (unpaired) electrons. The van der Waals surface area contributed by atoms with Crippen LogP contribution in [0.4, 0.5) is 13.2 Å². The van der Waals surface area contributed by atoms with Crippen molar-refractivity contribution in [1.29, 1.82) is 0 Å². The van der Waals surface area contributed by atoms with Crippen molar-refractivity contribution in [3.63, 3.8) is 0 Å². The molecule has 0 saturated heterocycles. The second kappa shape index (κ2) is 14.0. The average Bonchev–Trinajstić information content (AvgIpc) is 3.29. The first kappa shape index (κ1) is 32.3. The highest BCUT2D eigenvalue weighted by Gasteiger charge is 2.46. The maximum atomic E-state index is 13.6. The number of ether oxygens (including phenoxy) is 1. The summed E-state index contributed by atoms with van der Waals surface area (Å²) in [5.74, 6) is 1.03. The number of fused-ring (bicyclic) bond motifs is 1. The van der Waals surface area contributed by atoms with E-state index in [1.54, 1.807) is 12.0 Å². The highest BCUT2D eigenvalue weighted by molar-refractivity contribution is 5.83. The molecule has 0 aromatic carbocycles. The van der Waals surface area contributed by atoms with Gasteiger partial charge in [-0.1, -0.05) is 48.0 Å². The molecule has 2 aliphatic carbocycles. The monoisotopic (exact) mass is 544 g/mol. The van der Waals surface area contributed by atoms with E-state index in [4.69, 9.17) is 4.74 Å². The van der Waals surface area contributed by atoms with E-state index in [-0.39, 0.29) is 18.5 Å². The minimum Gasteiger partial charge on any atom is -0.384 e. The van der Waals surface area contributed by atoms with Crippen molar-refractivity contribution >= 4 is 5.91 Å². The Morgan fingerprint density at radius 3 is 2.55 bits per heavy atom. The van der Waals surface area contributed by atoms with E-state index in [0.717, 1.165) is 38.4 Å². The zero-order valence-corrected chi connectivity index (χ0v) is 24.3.